The maximum Gasteiger partial charge on any atom is 0.212 e. The van der Waals surface area contributed by atoms with E-state index in [-0.39, 0.29) is 6.10 Å². The Morgan fingerprint density at radius 1 is 1.00 bits per heavy atom. The third kappa shape index (κ3) is 3.71. The number of imidazole rings is 1. The standard InChI is InChI=1S/C25H24N4O4/c1-30-20-7-15(12-29-14-28-19-9-18(16-3-4-16)11-27-25(19)29)8-21-24(20)33-22(13-32-21)17-5-6-23(31-2)26-10-17/h5-11,14,16,22H,3-4,12-13H2,1-2H3. The Morgan fingerprint density at radius 2 is 1.88 bits per heavy atom. The van der Waals surface area contributed by atoms with Gasteiger partial charge in [0.2, 0.25) is 11.6 Å². The minimum Gasteiger partial charge on any atom is -0.493 e. The molecule has 33 heavy (non-hydrogen) atoms. The van der Waals surface area contributed by atoms with Gasteiger partial charge in [0.25, 0.3) is 0 Å². The van der Waals surface area contributed by atoms with Gasteiger partial charge in [-0.2, -0.15) is 0 Å². The van der Waals surface area contributed by atoms with Crippen LogP contribution < -0.4 is 18.9 Å². The van der Waals surface area contributed by atoms with E-state index in [0.29, 0.717) is 42.2 Å². The minimum absolute atomic E-state index is 0.280. The molecule has 2 aliphatic rings. The summed E-state index contributed by atoms with van der Waals surface area (Å²) < 4.78 is 25.2. The molecule has 8 heteroatoms. The first kappa shape index (κ1) is 19.8. The molecule has 1 atom stereocenters. The molecular weight excluding hydrogens is 420 g/mol. The number of ether oxygens (including phenoxy) is 4. The van der Waals surface area contributed by atoms with Crippen molar-refractivity contribution in [3.05, 3.63) is 65.7 Å². The molecule has 0 N–H and O–H groups in total. The number of rotatable bonds is 6. The lowest BCUT2D eigenvalue weighted by Crippen LogP contribution is -2.22. The van der Waals surface area contributed by atoms with Gasteiger partial charge < -0.3 is 23.5 Å². The van der Waals surface area contributed by atoms with Gasteiger partial charge in [0.15, 0.2) is 23.3 Å². The molecule has 6 rings (SSSR count). The predicted octanol–water partition coefficient (Wildman–Crippen LogP) is 4.28. The normalized spacial score (nSPS) is 17.2. The molecule has 0 amide bonds. The van der Waals surface area contributed by atoms with Gasteiger partial charge in [-0.25, -0.2) is 15.0 Å². The molecule has 1 unspecified atom stereocenters. The molecule has 1 aromatic carbocycles. The third-order valence-electron chi connectivity index (χ3n) is 6.17. The fourth-order valence-corrected chi connectivity index (χ4v) is 4.22. The van der Waals surface area contributed by atoms with E-state index in [1.54, 1.807) is 20.4 Å². The van der Waals surface area contributed by atoms with Crippen LogP contribution in [0.15, 0.2) is 49.1 Å². The van der Waals surface area contributed by atoms with Crippen molar-refractivity contribution in [1.29, 1.82) is 0 Å². The molecule has 1 fully saturated rings. The van der Waals surface area contributed by atoms with Crippen molar-refractivity contribution >= 4 is 11.2 Å². The summed E-state index contributed by atoms with van der Waals surface area (Å²) in [4.78, 5) is 13.5. The molecule has 168 valence electrons. The van der Waals surface area contributed by atoms with Gasteiger partial charge in [-0.05, 0) is 54.2 Å². The topological polar surface area (TPSA) is 80.5 Å². The van der Waals surface area contributed by atoms with E-state index in [9.17, 15) is 0 Å². The molecule has 0 radical (unpaired) electrons. The summed E-state index contributed by atoms with van der Waals surface area (Å²) >= 11 is 0. The number of hydrogen-bond donors (Lipinski definition) is 0. The molecule has 1 aliphatic carbocycles. The number of pyridine rings is 2. The Balaban J connectivity index is 1.26. The summed E-state index contributed by atoms with van der Waals surface area (Å²) in [5, 5.41) is 0. The maximum absolute atomic E-state index is 6.25. The first-order valence-electron chi connectivity index (χ1n) is 11.0. The van der Waals surface area contributed by atoms with E-state index in [1.807, 2.05) is 41.4 Å². The maximum atomic E-state index is 6.25. The summed E-state index contributed by atoms with van der Waals surface area (Å²) in [6.07, 6.45) is 7.78. The van der Waals surface area contributed by atoms with E-state index in [2.05, 4.69) is 21.0 Å². The molecule has 4 heterocycles. The lowest BCUT2D eigenvalue weighted by atomic mass is 10.1. The molecule has 0 bridgehead atoms. The highest BCUT2D eigenvalue weighted by molar-refractivity contribution is 5.71. The van der Waals surface area contributed by atoms with Crippen molar-refractivity contribution in [2.45, 2.75) is 31.4 Å². The second-order valence-corrected chi connectivity index (χ2v) is 8.43. The van der Waals surface area contributed by atoms with E-state index in [1.165, 1.54) is 18.4 Å². The van der Waals surface area contributed by atoms with Crippen LogP contribution in [0.2, 0.25) is 0 Å². The minimum atomic E-state index is -0.280. The van der Waals surface area contributed by atoms with Crippen molar-refractivity contribution in [3.8, 4) is 23.1 Å². The van der Waals surface area contributed by atoms with Gasteiger partial charge in [0.05, 0.1) is 27.1 Å². The van der Waals surface area contributed by atoms with E-state index < -0.39 is 0 Å². The SMILES string of the molecule is COc1ccc(C2COc3cc(Cn4cnc5cc(C6CC6)cnc54)cc(OC)c3O2)cn1. The van der Waals surface area contributed by atoms with E-state index >= 15 is 0 Å². The highest BCUT2D eigenvalue weighted by Gasteiger charge is 2.27. The zero-order valence-corrected chi connectivity index (χ0v) is 18.5. The highest BCUT2D eigenvalue weighted by Crippen LogP contribution is 2.44. The van der Waals surface area contributed by atoms with Crippen LogP contribution in [-0.4, -0.2) is 40.3 Å². The van der Waals surface area contributed by atoms with Crippen LogP contribution in [0.5, 0.6) is 23.1 Å². The van der Waals surface area contributed by atoms with Crippen molar-refractivity contribution in [2.75, 3.05) is 20.8 Å². The van der Waals surface area contributed by atoms with Crippen LogP contribution in [0.4, 0.5) is 0 Å². The van der Waals surface area contributed by atoms with Crippen LogP contribution in [0.25, 0.3) is 11.2 Å². The van der Waals surface area contributed by atoms with Gasteiger partial charge in [-0.15, -0.1) is 0 Å². The Kier molecular flexibility index (Phi) is 4.78. The molecule has 1 saturated carbocycles. The second kappa shape index (κ2) is 7.95. The van der Waals surface area contributed by atoms with E-state index in [4.69, 9.17) is 18.9 Å². The number of methoxy groups -OCH3 is 2. The van der Waals surface area contributed by atoms with E-state index in [0.717, 1.165) is 22.3 Å². The van der Waals surface area contributed by atoms with Gasteiger partial charge >= 0.3 is 0 Å². The largest absolute Gasteiger partial charge is 0.493 e. The zero-order chi connectivity index (χ0) is 22.4. The fraction of sp³-hybridized carbons (Fsp3) is 0.320. The smallest absolute Gasteiger partial charge is 0.212 e. The Morgan fingerprint density at radius 3 is 2.64 bits per heavy atom. The molecule has 0 spiro atoms. The fourth-order valence-electron chi connectivity index (χ4n) is 4.22. The number of fused-ring (bicyclic) bond motifs is 2. The molecule has 3 aromatic heterocycles. The summed E-state index contributed by atoms with van der Waals surface area (Å²) in [6.45, 7) is 0.984. The Hall–Kier alpha value is -3.81. The zero-order valence-electron chi connectivity index (χ0n) is 18.5. The van der Waals surface area contributed by atoms with Crippen LogP contribution in [0, 0.1) is 0 Å². The average Bonchev–Trinajstić information content (AvgIpc) is 3.65. The number of nitrogens with zero attached hydrogens (tertiary/aromatic N) is 4. The summed E-state index contributed by atoms with van der Waals surface area (Å²) in [7, 11) is 3.23. The lowest BCUT2D eigenvalue weighted by molar-refractivity contribution is 0.0867. The number of benzene rings is 1. The quantitative estimate of drug-likeness (QED) is 0.439. The molecule has 0 saturated heterocycles. The van der Waals surface area contributed by atoms with Crippen LogP contribution in [-0.2, 0) is 6.54 Å². The Bertz CT molecular complexity index is 1300. The van der Waals surface area contributed by atoms with Crippen LogP contribution in [0.3, 0.4) is 0 Å². The predicted molar refractivity (Wildman–Crippen MR) is 121 cm³/mol. The van der Waals surface area contributed by atoms with Crippen molar-refractivity contribution < 1.29 is 18.9 Å². The van der Waals surface area contributed by atoms with Crippen molar-refractivity contribution in [1.82, 2.24) is 19.5 Å². The van der Waals surface area contributed by atoms with Gasteiger partial charge in [0, 0.05) is 24.0 Å². The van der Waals surface area contributed by atoms with Gasteiger partial charge in [-0.1, -0.05) is 0 Å². The first-order chi connectivity index (χ1) is 16.2. The molecular formula is C25H24N4O4. The van der Waals surface area contributed by atoms with Gasteiger partial charge in [-0.3, -0.25) is 0 Å². The van der Waals surface area contributed by atoms with Crippen molar-refractivity contribution in [3.63, 3.8) is 0 Å². The highest BCUT2D eigenvalue weighted by atomic mass is 16.6. The number of hydrogen-bond acceptors (Lipinski definition) is 7. The van der Waals surface area contributed by atoms with Crippen molar-refractivity contribution in [2.24, 2.45) is 0 Å². The van der Waals surface area contributed by atoms with Crippen LogP contribution in [0.1, 0.15) is 41.6 Å². The summed E-state index contributed by atoms with van der Waals surface area (Å²) in [5.41, 5.74) is 5.02. The first-order valence-corrected chi connectivity index (χ1v) is 11.0. The Labute approximate surface area is 191 Å². The summed E-state index contributed by atoms with van der Waals surface area (Å²) in [5.74, 6) is 3.10. The third-order valence-corrected chi connectivity index (χ3v) is 6.17. The molecule has 1 aliphatic heterocycles. The van der Waals surface area contributed by atoms with Crippen LogP contribution >= 0.6 is 0 Å². The summed E-state index contributed by atoms with van der Waals surface area (Å²) in [6, 6.07) is 9.87. The molecule has 8 nitrogen and oxygen atoms in total. The number of aromatic nitrogens is 4. The monoisotopic (exact) mass is 444 g/mol. The molecule has 4 aromatic rings. The average molecular weight is 444 g/mol. The van der Waals surface area contributed by atoms with Gasteiger partial charge in [0.1, 0.15) is 12.1 Å². The second-order valence-electron chi connectivity index (χ2n) is 8.43. The lowest BCUT2D eigenvalue weighted by Gasteiger charge is -2.28.